The number of hydrogen-bond donors (Lipinski definition) is 3. The van der Waals surface area contributed by atoms with Gasteiger partial charge in [0, 0.05) is 38.4 Å². The van der Waals surface area contributed by atoms with E-state index in [-0.39, 0.29) is 37.0 Å². The average molecular weight is 543 g/mol. The Morgan fingerprint density at radius 3 is 2.61 bits per heavy atom. The number of aliphatic hydroxyl groups is 1. The molecule has 38 heavy (non-hydrogen) atoms. The molecule has 1 aromatic carbocycles. The van der Waals surface area contributed by atoms with E-state index < -0.39 is 29.5 Å². The molecule has 2 saturated heterocycles. The Morgan fingerprint density at radius 2 is 2.00 bits per heavy atom. The van der Waals surface area contributed by atoms with Crippen LogP contribution in [0, 0.1) is 18.3 Å². The number of Topliss-reactive ketones (excluding diaryl/α,β-unsaturated/α-hetero) is 1. The Kier molecular flexibility index (Phi) is 8.97. The molecule has 0 spiro atoms. The minimum atomic E-state index is -0.790. The normalized spacial score (nSPS) is 22.8. The summed E-state index contributed by atoms with van der Waals surface area (Å²) in [5.74, 6) is -1.28. The van der Waals surface area contributed by atoms with Crippen LogP contribution < -0.4 is 10.6 Å². The number of nitrogens with zero attached hydrogens (tertiary/aromatic N) is 2. The molecule has 4 atom stereocenters. The summed E-state index contributed by atoms with van der Waals surface area (Å²) in [4.78, 5) is 46.8. The first-order valence-corrected chi connectivity index (χ1v) is 14.0. The van der Waals surface area contributed by atoms with Crippen molar-refractivity contribution in [3.05, 3.63) is 41.0 Å². The minimum Gasteiger partial charge on any atom is -0.391 e. The van der Waals surface area contributed by atoms with Gasteiger partial charge in [0.05, 0.1) is 41.4 Å². The lowest BCUT2D eigenvalue weighted by Crippen LogP contribution is -2.52. The standard InChI is InChI=1S/C28H38N4O5S/c1-17-25(38-16-31-17)19-7-5-18(6-8-19)13-30-26(35)23-11-20(33)14-32(23)27(36)21(28(2,3)4)12-24(34)22-15-37-10-9-29-22/h5-8,16,20-23,29,33H,9-15H2,1-4H3,(H,30,35)/t20-,21-,22+,23+/m1/s1. The van der Waals surface area contributed by atoms with Gasteiger partial charge in [0.2, 0.25) is 11.8 Å². The van der Waals surface area contributed by atoms with Crippen LogP contribution >= 0.6 is 11.3 Å². The number of ketones is 1. The van der Waals surface area contributed by atoms with Gasteiger partial charge in [-0.1, -0.05) is 45.0 Å². The Hall–Kier alpha value is -2.66. The highest BCUT2D eigenvalue weighted by atomic mass is 32.1. The number of thiazole rings is 1. The van der Waals surface area contributed by atoms with E-state index in [4.69, 9.17) is 4.74 Å². The number of carbonyl (C=O) groups is 3. The van der Waals surface area contributed by atoms with E-state index in [0.29, 0.717) is 26.3 Å². The summed E-state index contributed by atoms with van der Waals surface area (Å²) in [7, 11) is 0. The molecule has 0 saturated carbocycles. The van der Waals surface area contributed by atoms with Crippen LogP contribution in [0.3, 0.4) is 0 Å². The zero-order valence-electron chi connectivity index (χ0n) is 22.5. The molecule has 2 fully saturated rings. The Balaban J connectivity index is 1.41. The topological polar surface area (TPSA) is 121 Å². The number of benzene rings is 1. The molecule has 3 heterocycles. The zero-order valence-corrected chi connectivity index (χ0v) is 23.3. The summed E-state index contributed by atoms with van der Waals surface area (Å²) in [5, 5.41) is 16.5. The van der Waals surface area contributed by atoms with Crippen molar-refractivity contribution in [3.8, 4) is 10.4 Å². The van der Waals surface area contributed by atoms with Crippen molar-refractivity contribution in [2.45, 2.75) is 65.3 Å². The fourth-order valence-corrected chi connectivity index (χ4v) is 5.86. The maximum absolute atomic E-state index is 13.7. The second-order valence-electron chi connectivity index (χ2n) is 11.2. The van der Waals surface area contributed by atoms with Crippen LogP contribution in [0.25, 0.3) is 10.4 Å². The Bertz CT molecular complexity index is 1140. The molecule has 2 aliphatic heterocycles. The highest BCUT2D eigenvalue weighted by Crippen LogP contribution is 2.34. The molecular weight excluding hydrogens is 504 g/mol. The lowest BCUT2D eigenvalue weighted by atomic mass is 9.76. The van der Waals surface area contributed by atoms with Gasteiger partial charge in [0.15, 0.2) is 5.78 Å². The highest BCUT2D eigenvalue weighted by Gasteiger charge is 2.45. The van der Waals surface area contributed by atoms with Gasteiger partial charge in [-0.25, -0.2) is 4.98 Å². The molecule has 206 valence electrons. The number of aryl methyl sites for hydroxylation is 1. The predicted molar refractivity (Wildman–Crippen MR) is 145 cm³/mol. The van der Waals surface area contributed by atoms with Crippen molar-refractivity contribution in [2.24, 2.45) is 11.3 Å². The van der Waals surface area contributed by atoms with E-state index in [1.807, 2.05) is 57.5 Å². The van der Waals surface area contributed by atoms with E-state index in [2.05, 4.69) is 15.6 Å². The van der Waals surface area contributed by atoms with Crippen molar-refractivity contribution in [3.63, 3.8) is 0 Å². The number of ether oxygens (including phenoxy) is 1. The van der Waals surface area contributed by atoms with E-state index in [1.165, 1.54) is 4.90 Å². The van der Waals surface area contributed by atoms with E-state index in [9.17, 15) is 19.5 Å². The van der Waals surface area contributed by atoms with Gasteiger partial charge in [-0.05, 0) is 23.5 Å². The number of rotatable bonds is 8. The molecule has 10 heteroatoms. The highest BCUT2D eigenvalue weighted by molar-refractivity contribution is 7.13. The molecule has 2 aliphatic rings. The van der Waals surface area contributed by atoms with Crippen LogP contribution in [0.1, 0.15) is 44.9 Å². The molecule has 0 radical (unpaired) electrons. The fourth-order valence-electron chi connectivity index (χ4n) is 5.05. The third-order valence-electron chi connectivity index (χ3n) is 7.35. The van der Waals surface area contributed by atoms with Crippen LogP contribution in [0.15, 0.2) is 29.8 Å². The summed E-state index contributed by atoms with van der Waals surface area (Å²) in [5.41, 5.74) is 4.31. The second kappa shape index (κ2) is 12.0. The lowest BCUT2D eigenvalue weighted by Gasteiger charge is -2.35. The summed E-state index contributed by atoms with van der Waals surface area (Å²) >= 11 is 1.59. The third kappa shape index (κ3) is 6.66. The largest absolute Gasteiger partial charge is 0.391 e. The van der Waals surface area contributed by atoms with Crippen LogP contribution in [-0.4, -0.2) is 77.1 Å². The van der Waals surface area contributed by atoms with E-state index >= 15 is 0 Å². The molecular formula is C28H38N4O5S. The first-order chi connectivity index (χ1) is 18.0. The summed E-state index contributed by atoms with van der Waals surface area (Å²) in [6, 6.07) is 6.73. The Morgan fingerprint density at radius 1 is 1.26 bits per heavy atom. The van der Waals surface area contributed by atoms with E-state index in [1.54, 1.807) is 11.3 Å². The fraction of sp³-hybridized carbons (Fsp3) is 0.571. The van der Waals surface area contributed by atoms with Crippen LogP contribution in [0.5, 0.6) is 0 Å². The zero-order chi connectivity index (χ0) is 27.4. The number of likely N-dealkylation sites (tertiary alicyclic amines) is 1. The first-order valence-electron chi connectivity index (χ1n) is 13.1. The SMILES string of the molecule is Cc1ncsc1-c1ccc(CNC(=O)[C@@H]2C[C@@H](O)CN2C(=O)[C@@H](CC(=O)[C@@H]2COCCN2)C(C)(C)C)cc1. The first kappa shape index (κ1) is 28.4. The smallest absolute Gasteiger partial charge is 0.243 e. The van der Waals surface area contributed by atoms with Crippen LogP contribution in [-0.2, 0) is 25.7 Å². The number of aliphatic hydroxyl groups excluding tert-OH is 1. The third-order valence-corrected chi connectivity index (χ3v) is 8.33. The minimum absolute atomic E-state index is 0.0515. The lowest BCUT2D eigenvalue weighted by molar-refractivity contribution is -0.146. The number of β-amino-alcohol motifs (C(OH)–C–C–N with tert-alkyl or cyclic N) is 1. The van der Waals surface area contributed by atoms with Crippen molar-refractivity contribution >= 4 is 28.9 Å². The Labute approximate surface area is 228 Å². The molecule has 4 rings (SSSR count). The van der Waals surface area contributed by atoms with Gasteiger partial charge in [-0.3, -0.25) is 14.4 Å². The molecule has 1 aromatic heterocycles. The maximum Gasteiger partial charge on any atom is 0.243 e. The van der Waals surface area contributed by atoms with Crippen molar-refractivity contribution < 1.29 is 24.2 Å². The number of aromatic nitrogens is 1. The van der Waals surface area contributed by atoms with E-state index in [0.717, 1.165) is 21.7 Å². The number of nitrogens with one attached hydrogen (secondary N) is 2. The van der Waals surface area contributed by atoms with Gasteiger partial charge in [0.25, 0.3) is 0 Å². The number of morpholine rings is 1. The second-order valence-corrected chi connectivity index (χ2v) is 12.1. The molecule has 0 bridgehead atoms. The molecule has 2 aromatic rings. The molecule has 0 aliphatic carbocycles. The number of hydrogen-bond acceptors (Lipinski definition) is 8. The number of amides is 2. The summed E-state index contributed by atoms with van der Waals surface area (Å²) < 4.78 is 5.42. The van der Waals surface area contributed by atoms with Gasteiger partial charge in [-0.2, -0.15) is 0 Å². The predicted octanol–water partition coefficient (Wildman–Crippen LogP) is 2.31. The van der Waals surface area contributed by atoms with Crippen LogP contribution in [0.4, 0.5) is 0 Å². The maximum atomic E-state index is 13.7. The van der Waals surface area contributed by atoms with Gasteiger partial charge >= 0.3 is 0 Å². The van der Waals surface area contributed by atoms with Gasteiger partial charge in [0.1, 0.15) is 6.04 Å². The van der Waals surface area contributed by atoms with Crippen molar-refractivity contribution in [2.75, 3.05) is 26.3 Å². The molecule has 2 amide bonds. The quantitative estimate of drug-likeness (QED) is 0.468. The molecule has 9 nitrogen and oxygen atoms in total. The monoisotopic (exact) mass is 542 g/mol. The molecule has 0 unspecified atom stereocenters. The number of carbonyl (C=O) groups excluding carboxylic acids is 3. The van der Waals surface area contributed by atoms with Gasteiger partial charge < -0.3 is 25.4 Å². The van der Waals surface area contributed by atoms with Gasteiger partial charge in [-0.15, -0.1) is 11.3 Å². The van der Waals surface area contributed by atoms with Crippen molar-refractivity contribution in [1.82, 2.24) is 20.5 Å². The average Bonchev–Trinajstić information content (AvgIpc) is 3.50. The molecule has 3 N–H and O–H groups in total. The van der Waals surface area contributed by atoms with Crippen LogP contribution in [0.2, 0.25) is 0 Å². The summed E-state index contributed by atoms with van der Waals surface area (Å²) in [6.07, 6.45) is -0.568. The summed E-state index contributed by atoms with van der Waals surface area (Å²) in [6.45, 7) is 9.58. The van der Waals surface area contributed by atoms with Crippen molar-refractivity contribution in [1.29, 1.82) is 0 Å².